The van der Waals surface area contributed by atoms with Crippen LogP contribution in [0.3, 0.4) is 0 Å². The zero-order valence-electron chi connectivity index (χ0n) is 22.9. The van der Waals surface area contributed by atoms with Gasteiger partial charge in [0.15, 0.2) is 0 Å². The lowest BCUT2D eigenvalue weighted by atomic mass is 9.99. The van der Waals surface area contributed by atoms with Crippen LogP contribution in [0.15, 0.2) is 65.6 Å². The number of hydrogen-bond donors (Lipinski definition) is 1. The van der Waals surface area contributed by atoms with Gasteiger partial charge < -0.3 is 10.1 Å². The number of carbonyl (C=O) groups is 2. The minimum Gasteiger partial charge on any atom is -0.444 e. The first-order chi connectivity index (χ1) is 18.6. The molecule has 2 aromatic heterocycles. The van der Waals surface area contributed by atoms with Gasteiger partial charge in [-0.25, -0.2) is 9.31 Å². The Balaban J connectivity index is 1.69. The predicted octanol–water partition coefficient (Wildman–Crippen LogP) is 4.12. The molecule has 2 aromatic carbocycles. The van der Waals surface area contributed by atoms with Gasteiger partial charge in [0.25, 0.3) is 11.5 Å². The smallest absolute Gasteiger partial charge is 0.410 e. The molecule has 202 valence electrons. The maximum atomic E-state index is 14.2. The Kier molecular flexibility index (Phi) is 6.76. The second-order valence-corrected chi connectivity index (χ2v) is 10.9. The van der Waals surface area contributed by atoms with E-state index in [1.807, 2.05) is 58.0 Å². The van der Waals surface area contributed by atoms with E-state index in [0.717, 1.165) is 11.1 Å². The van der Waals surface area contributed by atoms with E-state index in [-0.39, 0.29) is 24.1 Å². The van der Waals surface area contributed by atoms with Crippen molar-refractivity contribution >= 4 is 17.6 Å². The molecule has 0 saturated heterocycles. The zero-order valence-corrected chi connectivity index (χ0v) is 22.9. The van der Waals surface area contributed by atoms with Crippen molar-refractivity contribution in [1.29, 1.82) is 0 Å². The van der Waals surface area contributed by atoms with Gasteiger partial charge in [0, 0.05) is 42.6 Å². The average molecular weight is 528 g/mol. The zero-order chi connectivity index (χ0) is 27.9. The first-order valence-corrected chi connectivity index (χ1v) is 13.1. The monoisotopic (exact) mass is 527 g/mol. The van der Waals surface area contributed by atoms with Crippen molar-refractivity contribution in [1.82, 2.24) is 24.4 Å². The van der Waals surface area contributed by atoms with E-state index >= 15 is 0 Å². The van der Waals surface area contributed by atoms with Crippen molar-refractivity contribution in [3.05, 3.63) is 99.1 Å². The van der Waals surface area contributed by atoms with Gasteiger partial charge in [-0.15, -0.1) is 0 Å². The van der Waals surface area contributed by atoms with E-state index in [4.69, 9.17) is 9.84 Å². The molecule has 0 radical (unpaired) electrons. The van der Waals surface area contributed by atoms with Crippen molar-refractivity contribution in [3.63, 3.8) is 0 Å². The van der Waals surface area contributed by atoms with Crippen LogP contribution in [0.2, 0.25) is 0 Å². The number of nitrogens with one attached hydrogen (secondary N) is 1. The molecule has 9 nitrogen and oxygen atoms in total. The summed E-state index contributed by atoms with van der Waals surface area (Å²) in [4.78, 5) is 41.0. The lowest BCUT2D eigenvalue weighted by molar-refractivity contribution is 0.0131. The van der Waals surface area contributed by atoms with E-state index in [9.17, 15) is 14.4 Å². The van der Waals surface area contributed by atoms with Crippen LogP contribution in [0.5, 0.6) is 0 Å². The highest BCUT2D eigenvalue weighted by Crippen LogP contribution is 2.27. The highest BCUT2D eigenvalue weighted by atomic mass is 16.6. The fraction of sp³-hybridized carbons (Fsp3) is 0.333. The molecule has 39 heavy (non-hydrogen) atoms. The molecule has 2 amide bonds. The van der Waals surface area contributed by atoms with Gasteiger partial charge in [0.2, 0.25) is 0 Å². The Morgan fingerprint density at radius 3 is 2.41 bits per heavy atom. The molecule has 1 aliphatic rings. The Hall–Kier alpha value is -4.40. The third-order valence-electron chi connectivity index (χ3n) is 6.93. The van der Waals surface area contributed by atoms with Crippen LogP contribution in [-0.2, 0) is 24.1 Å². The number of rotatable bonds is 4. The molecule has 4 aromatic rings. The third kappa shape index (κ3) is 5.04. The first kappa shape index (κ1) is 26.2. The highest BCUT2D eigenvalue weighted by Gasteiger charge is 2.34. The highest BCUT2D eigenvalue weighted by molar-refractivity contribution is 5.94. The predicted molar refractivity (Wildman–Crippen MR) is 148 cm³/mol. The van der Waals surface area contributed by atoms with Crippen molar-refractivity contribution in [2.24, 2.45) is 0 Å². The molecular formula is C30H33N5O4. The molecule has 0 fully saturated rings. The van der Waals surface area contributed by atoms with E-state index in [1.54, 1.807) is 51.5 Å². The number of carbonyl (C=O) groups excluding carboxylic acids is 2. The summed E-state index contributed by atoms with van der Waals surface area (Å²) in [5.74, 6) is -0.199. The summed E-state index contributed by atoms with van der Waals surface area (Å²) >= 11 is 0. The lowest BCUT2D eigenvalue weighted by Crippen LogP contribution is -2.48. The average Bonchev–Trinajstić information content (AvgIpc) is 3.31. The summed E-state index contributed by atoms with van der Waals surface area (Å²) in [5, 5.41) is 7.34. The van der Waals surface area contributed by atoms with E-state index in [1.165, 1.54) is 0 Å². The second kappa shape index (κ2) is 10.1. The summed E-state index contributed by atoms with van der Waals surface area (Å²) in [6.45, 7) is 7.64. The molecule has 0 aliphatic carbocycles. The fourth-order valence-corrected chi connectivity index (χ4v) is 5.04. The number of amides is 2. The Bertz CT molecular complexity index is 1600. The topological polar surface area (TPSA) is 97.9 Å². The molecule has 0 spiro atoms. The van der Waals surface area contributed by atoms with Gasteiger partial charge >= 0.3 is 6.09 Å². The van der Waals surface area contributed by atoms with Gasteiger partial charge in [-0.05, 0) is 57.5 Å². The number of fused-ring (bicyclic) bond motifs is 3. The normalized spacial score (nSPS) is 15.2. The molecule has 0 saturated carbocycles. The van der Waals surface area contributed by atoms with Crippen molar-refractivity contribution in [3.8, 4) is 5.69 Å². The van der Waals surface area contributed by atoms with Crippen LogP contribution in [0.4, 0.5) is 4.79 Å². The van der Waals surface area contributed by atoms with Crippen LogP contribution in [0.1, 0.15) is 60.4 Å². The summed E-state index contributed by atoms with van der Waals surface area (Å²) in [7, 11) is 1.58. The fourth-order valence-electron chi connectivity index (χ4n) is 5.04. The van der Waals surface area contributed by atoms with E-state index < -0.39 is 11.7 Å². The molecule has 1 aliphatic heterocycles. The van der Waals surface area contributed by atoms with Crippen molar-refractivity contribution in [2.75, 3.05) is 7.05 Å². The molecule has 9 heteroatoms. The van der Waals surface area contributed by atoms with Gasteiger partial charge in [0.1, 0.15) is 11.2 Å². The van der Waals surface area contributed by atoms with Gasteiger partial charge in [-0.1, -0.05) is 30.3 Å². The van der Waals surface area contributed by atoms with Gasteiger partial charge in [-0.2, -0.15) is 5.10 Å². The molecule has 0 bridgehead atoms. The molecule has 3 heterocycles. The standard InChI is InChI=1S/C30H33N5O4/c1-19-15-24-25(18-33(19)29(38)39-30(2,3)4)35-27(22(17-32-35)16-20-9-7-6-8-10-20)34(28(24)37)23-13-11-21(12-14-23)26(36)31-5/h6-14,17,19H,15-16,18H2,1-5H3,(H,31,36). The molecule has 1 atom stereocenters. The largest absolute Gasteiger partial charge is 0.444 e. The van der Waals surface area contributed by atoms with E-state index in [0.29, 0.717) is 41.0 Å². The molecule has 1 N–H and O–H groups in total. The summed E-state index contributed by atoms with van der Waals surface area (Å²) in [6, 6.07) is 16.7. The van der Waals surface area contributed by atoms with Gasteiger partial charge in [-0.3, -0.25) is 19.1 Å². The first-order valence-electron chi connectivity index (χ1n) is 13.1. The van der Waals surface area contributed by atoms with Crippen LogP contribution in [-0.4, -0.2) is 49.8 Å². The quantitative estimate of drug-likeness (QED) is 0.431. The lowest BCUT2D eigenvalue weighted by Gasteiger charge is -2.36. The second-order valence-electron chi connectivity index (χ2n) is 10.9. The minimum atomic E-state index is -0.634. The van der Waals surface area contributed by atoms with Crippen molar-refractivity contribution in [2.45, 2.75) is 58.7 Å². The van der Waals surface area contributed by atoms with Crippen molar-refractivity contribution < 1.29 is 14.3 Å². The number of hydrogen-bond acceptors (Lipinski definition) is 5. The van der Waals surface area contributed by atoms with Gasteiger partial charge in [0.05, 0.1) is 24.1 Å². The van der Waals surface area contributed by atoms with Crippen LogP contribution < -0.4 is 10.9 Å². The number of aromatic nitrogens is 3. The number of benzene rings is 2. The van der Waals surface area contributed by atoms with Crippen LogP contribution in [0, 0.1) is 0 Å². The Labute approximate surface area is 227 Å². The summed E-state index contributed by atoms with van der Waals surface area (Å²) in [6.07, 6.45) is 2.31. The summed E-state index contributed by atoms with van der Waals surface area (Å²) < 4.78 is 9.12. The Morgan fingerprint density at radius 1 is 1.08 bits per heavy atom. The Morgan fingerprint density at radius 2 is 1.77 bits per heavy atom. The molecular weight excluding hydrogens is 494 g/mol. The maximum absolute atomic E-state index is 14.2. The molecule has 1 unspecified atom stereocenters. The minimum absolute atomic E-state index is 0.157. The maximum Gasteiger partial charge on any atom is 0.410 e. The summed E-state index contributed by atoms with van der Waals surface area (Å²) in [5.41, 5.74) is 4.23. The van der Waals surface area contributed by atoms with E-state index in [2.05, 4.69) is 5.32 Å². The number of nitrogens with zero attached hydrogens (tertiary/aromatic N) is 4. The van der Waals surface area contributed by atoms with Crippen LogP contribution in [0.25, 0.3) is 11.3 Å². The molecule has 5 rings (SSSR count). The number of ether oxygens (including phenoxy) is 1. The SMILES string of the molecule is CNC(=O)c1ccc(-n2c(=O)c3c(n4ncc(Cc5ccccc5)c24)CN(C(=O)OC(C)(C)C)C(C)C3)cc1. The van der Waals surface area contributed by atoms with Crippen LogP contribution >= 0.6 is 0 Å². The third-order valence-corrected chi connectivity index (χ3v) is 6.93.